The third-order valence-corrected chi connectivity index (χ3v) is 9.21. The average Bonchev–Trinajstić information content (AvgIpc) is 3.70. The van der Waals surface area contributed by atoms with Gasteiger partial charge in [0.2, 0.25) is 12.4 Å². The fourth-order valence-electron chi connectivity index (χ4n) is 6.15. The number of hydrogen-bond acceptors (Lipinski definition) is 9. The molecule has 4 heterocycles. The number of carbonyl (C=O) groups excluding carboxylic acids is 2. The number of ether oxygens (including phenoxy) is 2. The van der Waals surface area contributed by atoms with E-state index in [2.05, 4.69) is 21.3 Å². The molecule has 2 aromatic carbocycles. The summed E-state index contributed by atoms with van der Waals surface area (Å²) >= 11 is 1.26. The quantitative estimate of drug-likeness (QED) is 0.257. The number of likely N-dealkylation sites (tertiary alicyclic amines) is 1. The van der Waals surface area contributed by atoms with Crippen molar-refractivity contribution in [2.45, 2.75) is 44.8 Å². The van der Waals surface area contributed by atoms with Crippen LogP contribution in [0.2, 0.25) is 0 Å². The number of anilines is 3. The number of hydrogen-bond donors (Lipinski definition) is 2. The molecule has 6 rings (SSSR count). The van der Waals surface area contributed by atoms with Crippen molar-refractivity contribution < 1.29 is 19.1 Å². The lowest BCUT2D eigenvalue weighted by Gasteiger charge is -2.32. The Morgan fingerprint density at radius 3 is 2.76 bits per heavy atom. The van der Waals surface area contributed by atoms with Gasteiger partial charge in [-0.2, -0.15) is 0 Å². The molecule has 1 unspecified atom stereocenters. The van der Waals surface area contributed by atoms with Crippen LogP contribution in [0.15, 0.2) is 48.7 Å². The van der Waals surface area contributed by atoms with E-state index >= 15 is 0 Å². The van der Waals surface area contributed by atoms with Crippen molar-refractivity contribution in [3.05, 3.63) is 53.5 Å². The number of nitrogens with zero attached hydrogens (tertiary/aromatic N) is 4. The summed E-state index contributed by atoms with van der Waals surface area (Å²) in [5.74, 6) is 1.13. The van der Waals surface area contributed by atoms with Crippen LogP contribution in [0.4, 0.5) is 17.3 Å². The Labute approximate surface area is 248 Å². The van der Waals surface area contributed by atoms with Gasteiger partial charge in [-0.25, -0.2) is 9.97 Å². The number of rotatable bonds is 9. The standard InChI is InChI=1S/C31H34N6O4S/c1-19(2)41-24-15-20(36-14-12-31(17-36)11-6-13-37(31)18-38)9-10-22(24)34-30-33-16-25-27(35-30)26(28(42-25)29(32)39)21-7-4-5-8-23(21)40-3/h4-5,7-10,15-16,18-19H,6,11-14,17H2,1-3H3,(H2,32,39)(H,33,34,35). The summed E-state index contributed by atoms with van der Waals surface area (Å²) in [4.78, 5) is 38.2. The number of nitrogens with one attached hydrogen (secondary N) is 1. The molecule has 0 radical (unpaired) electrons. The molecule has 218 valence electrons. The first-order valence-electron chi connectivity index (χ1n) is 14.1. The first-order valence-corrected chi connectivity index (χ1v) is 14.9. The molecule has 4 aromatic rings. The minimum Gasteiger partial charge on any atom is -0.496 e. The molecule has 0 aliphatic carbocycles. The normalized spacial score (nSPS) is 18.3. The second-order valence-electron chi connectivity index (χ2n) is 11.0. The van der Waals surface area contributed by atoms with Crippen molar-refractivity contribution in [1.82, 2.24) is 14.9 Å². The van der Waals surface area contributed by atoms with Crippen LogP contribution in [0.25, 0.3) is 21.3 Å². The Balaban J connectivity index is 1.35. The van der Waals surface area contributed by atoms with Crippen LogP contribution in [0.1, 0.15) is 42.8 Å². The van der Waals surface area contributed by atoms with E-state index in [9.17, 15) is 9.59 Å². The van der Waals surface area contributed by atoms with Crippen molar-refractivity contribution in [2.24, 2.45) is 5.73 Å². The van der Waals surface area contributed by atoms with E-state index in [-0.39, 0.29) is 11.6 Å². The molecule has 2 aliphatic rings. The molecular weight excluding hydrogens is 552 g/mol. The number of nitrogens with two attached hydrogens (primary N) is 1. The minimum atomic E-state index is -0.533. The molecule has 11 heteroatoms. The predicted octanol–water partition coefficient (Wildman–Crippen LogP) is 5.20. The number of thiophene rings is 1. The highest BCUT2D eigenvalue weighted by atomic mass is 32.1. The molecule has 2 aromatic heterocycles. The summed E-state index contributed by atoms with van der Waals surface area (Å²) in [5, 5.41) is 3.34. The van der Waals surface area contributed by atoms with Crippen LogP contribution in [-0.2, 0) is 4.79 Å². The number of para-hydroxylation sites is 1. The zero-order chi connectivity index (χ0) is 29.4. The largest absolute Gasteiger partial charge is 0.496 e. The Kier molecular flexibility index (Phi) is 7.36. The van der Waals surface area contributed by atoms with Gasteiger partial charge >= 0.3 is 0 Å². The van der Waals surface area contributed by atoms with Crippen molar-refractivity contribution in [3.63, 3.8) is 0 Å². The van der Waals surface area contributed by atoms with Crippen LogP contribution in [0, 0.1) is 0 Å². The Morgan fingerprint density at radius 1 is 1.17 bits per heavy atom. The van der Waals surface area contributed by atoms with E-state index < -0.39 is 5.91 Å². The lowest BCUT2D eigenvalue weighted by molar-refractivity contribution is -0.121. The number of fused-ring (bicyclic) bond motifs is 1. The molecule has 3 N–H and O–H groups in total. The Bertz CT molecular complexity index is 1660. The second kappa shape index (κ2) is 11.1. The van der Waals surface area contributed by atoms with Crippen LogP contribution in [-0.4, -0.2) is 65.6 Å². The summed E-state index contributed by atoms with van der Waals surface area (Å²) in [6.45, 7) is 6.49. The van der Waals surface area contributed by atoms with Gasteiger partial charge in [-0.1, -0.05) is 18.2 Å². The SMILES string of the molecule is COc1ccccc1-c1c(C(N)=O)sc2cnc(Nc3ccc(N4CCC5(CCCN5C=O)C4)cc3OC(C)C)nc12. The van der Waals surface area contributed by atoms with E-state index in [1.807, 2.05) is 55.1 Å². The molecule has 2 amide bonds. The van der Waals surface area contributed by atoms with Gasteiger partial charge in [-0.3, -0.25) is 9.59 Å². The van der Waals surface area contributed by atoms with Gasteiger partial charge in [0, 0.05) is 42.5 Å². The minimum absolute atomic E-state index is 0.0540. The zero-order valence-electron chi connectivity index (χ0n) is 23.9. The predicted molar refractivity (Wildman–Crippen MR) is 165 cm³/mol. The molecule has 1 atom stereocenters. The third-order valence-electron chi connectivity index (χ3n) is 8.08. The number of carbonyl (C=O) groups is 2. The van der Waals surface area contributed by atoms with Gasteiger partial charge in [-0.15, -0.1) is 11.3 Å². The van der Waals surface area contributed by atoms with Gasteiger partial charge in [0.05, 0.1) is 40.9 Å². The van der Waals surface area contributed by atoms with Gasteiger partial charge in [0.25, 0.3) is 5.91 Å². The summed E-state index contributed by atoms with van der Waals surface area (Å²) < 4.78 is 12.6. The van der Waals surface area contributed by atoms with E-state index in [1.54, 1.807) is 13.3 Å². The molecule has 10 nitrogen and oxygen atoms in total. The lowest BCUT2D eigenvalue weighted by atomic mass is 9.96. The van der Waals surface area contributed by atoms with Gasteiger partial charge in [0.15, 0.2) is 0 Å². The first-order chi connectivity index (χ1) is 20.3. The van der Waals surface area contributed by atoms with E-state index in [4.69, 9.17) is 20.2 Å². The molecular formula is C31H34N6O4S. The molecule has 2 fully saturated rings. The van der Waals surface area contributed by atoms with Crippen molar-refractivity contribution >= 4 is 51.2 Å². The van der Waals surface area contributed by atoms with Crippen LogP contribution < -0.4 is 25.4 Å². The fourth-order valence-corrected chi connectivity index (χ4v) is 7.13. The monoisotopic (exact) mass is 586 g/mol. The van der Waals surface area contributed by atoms with Gasteiger partial charge in [0.1, 0.15) is 16.4 Å². The Morgan fingerprint density at radius 2 is 2.00 bits per heavy atom. The van der Waals surface area contributed by atoms with Gasteiger partial charge in [-0.05, 0) is 51.3 Å². The summed E-state index contributed by atoms with van der Waals surface area (Å²) in [6.07, 6.45) is 5.69. The maximum Gasteiger partial charge on any atom is 0.259 e. The number of benzene rings is 2. The molecule has 0 bridgehead atoms. The summed E-state index contributed by atoms with van der Waals surface area (Å²) in [6, 6.07) is 13.6. The van der Waals surface area contributed by atoms with E-state index in [0.29, 0.717) is 33.4 Å². The van der Waals surface area contributed by atoms with Crippen LogP contribution in [0.5, 0.6) is 11.5 Å². The highest BCUT2D eigenvalue weighted by Crippen LogP contribution is 2.43. The lowest BCUT2D eigenvalue weighted by Crippen LogP contribution is -2.45. The van der Waals surface area contributed by atoms with Crippen LogP contribution >= 0.6 is 11.3 Å². The zero-order valence-corrected chi connectivity index (χ0v) is 24.7. The van der Waals surface area contributed by atoms with Crippen LogP contribution in [0.3, 0.4) is 0 Å². The first kappa shape index (κ1) is 27.8. The van der Waals surface area contributed by atoms with E-state index in [1.165, 1.54) is 11.3 Å². The number of amides is 2. The molecule has 42 heavy (non-hydrogen) atoms. The number of primary amides is 1. The highest BCUT2D eigenvalue weighted by Gasteiger charge is 2.45. The second-order valence-corrected chi connectivity index (χ2v) is 12.1. The van der Waals surface area contributed by atoms with Gasteiger partial charge < -0.3 is 30.3 Å². The maximum absolute atomic E-state index is 12.4. The smallest absolute Gasteiger partial charge is 0.259 e. The molecule has 2 aliphatic heterocycles. The fraction of sp³-hybridized carbons (Fsp3) is 0.355. The molecule has 1 spiro atoms. The summed E-state index contributed by atoms with van der Waals surface area (Å²) in [5.41, 5.74) is 9.44. The Hall–Kier alpha value is -4.38. The van der Waals surface area contributed by atoms with Crippen molar-refractivity contribution in [3.8, 4) is 22.6 Å². The molecule has 0 saturated carbocycles. The maximum atomic E-state index is 12.4. The third kappa shape index (κ3) is 4.98. The van der Waals surface area contributed by atoms with Crippen molar-refractivity contribution in [2.75, 3.05) is 37.0 Å². The van der Waals surface area contributed by atoms with E-state index in [0.717, 1.165) is 66.9 Å². The highest BCUT2D eigenvalue weighted by molar-refractivity contribution is 7.21. The summed E-state index contributed by atoms with van der Waals surface area (Å²) in [7, 11) is 1.59. The average molecular weight is 587 g/mol. The number of aromatic nitrogens is 2. The topological polar surface area (TPSA) is 123 Å². The number of methoxy groups -OCH3 is 1. The molecule has 2 saturated heterocycles. The van der Waals surface area contributed by atoms with Crippen molar-refractivity contribution in [1.29, 1.82) is 0 Å².